The van der Waals surface area contributed by atoms with Crippen LogP contribution in [0.3, 0.4) is 0 Å². The van der Waals surface area contributed by atoms with Crippen molar-refractivity contribution in [3.8, 4) is 11.4 Å². The molecule has 1 N–H and O–H groups in total. The molecule has 0 spiro atoms. The lowest BCUT2D eigenvalue weighted by Crippen LogP contribution is -2.29. The van der Waals surface area contributed by atoms with Crippen LogP contribution < -0.4 is 15.0 Å². The van der Waals surface area contributed by atoms with Gasteiger partial charge in [-0.05, 0) is 99.1 Å². The first-order valence-electron chi connectivity index (χ1n) is 12.3. The van der Waals surface area contributed by atoms with E-state index in [2.05, 4.69) is 53.3 Å². The third-order valence-electron chi connectivity index (χ3n) is 7.28. The lowest BCUT2D eigenvalue weighted by atomic mass is 9.96. The van der Waals surface area contributed by atoms with Gasteiger partial charge in [0.1, 0.15) is 11.4 Å². The molecule has 2 aromatic carbocycles. The fourth-order valence-corrected chi connectivity index (χ4v) is 5.59. The molecule has 5 rings (SSSR count). The Kier molecular flexibility index (Phi) is 6.62. The van der Waals surface area contributed by atoms with Crippen molar-refractivity contribution in [3.63, 3.8) is 0 Å². The van der Waals surface area contributed by atoms with E-state index in [1.807, 2.05) is 36.6 Å². The van der Waals surface area contributed by atoms with Gasteiger partial charge in [0.2, 0.25) is 0 Å². The van der Waals surface area contributed by atoms with Gasteiger partial charge < -0.3 is 19.5 Å². The highest BCUT2D eigenvalue weighted by molar-refractivity contribution is 7.80. The lowest BCUT2D eigenvalue weighted by molar-refractivity contribution is -0.384. The molecule has 3 heterocycles. The minimum absolute atomic E-state index is 0.0231. The first-order chi connectivity index (χ1) is 18.2. The second kappa shape index (κ2) is 9.90. The Bertz CT molecular complexity index is 1550. The van der Waals surface area contributed by atoms with E-state index in [1.54, 1.807) is 18.3 Å². The Morgan fingerprint density at radius 2 is 1.82 bits per heavy atom. The van der Waals surface area contributed by atoms with Crippen molar-refractivity contribution in [2.24, 2.45) is 0 Å². The monoisotopic (exact) mass is 527 g/mol. The maximum Gasteiger partial charge on any atom is 0.296 e. The van der Waals surface area contributed by atoms with Crippen molar-refractivity contribution >= 4 is 28.7 Å². The van der Waals surface area contributed by atoms with E-state index in [9.17, 15) is 10.1 Å². The number of benzene rings is 2. The Morgan fingerprint density at radius 3 is 2.47 bits per heavy atom. The number of hydrogen-bond acceptors (Lipinski definition) is 5. The van der Waals surface area contributed by atoms with E-state index in [4.69, 9.17) is 17.0 Å². The summed E-state index contributed by atoms with van der Waals surface area (Å²) < 4.78 is 7.18. The molecule has 38 heavy (non-hydrogen) atoms. The maximum atomic E-state index is 12.0. The third kappa shape index (κ3) is 4.28. The number of aromatic nitrogens is 2. The molecule has 0 radical (unpaired) electrons. The van der Waals surface area contributed by atoms with Crippen LogP contribution >= 0.6 is 12.2 Å². The largest absolute Gasteiger partial charge is 0.496 e. The average molecular weight is 528 g/mol. The van der Waals surface area contributed by atoms with Crippen LogP contribution in [0.2, 0.25) is 0 Å². The van der Waals surface area contributed by atoms with Gasteiger partial charge in [-0.25, -0.2) is 0 Å². The highest BCUT2D eigenvalue weighted by Crippen LogP contribution is 2.44. The molecule has 1 saturated heterocycles. The molecular weight excluding hydrogens is 498 g/mol. The van der Waals surface area contributed by atoms with E-state index in [0.29, 0.717) is 16.5 Å². The van der Waals surface area contributed by atoms with Crippen LogP contribution in [0.5, 0.6) is 5.75 Å². The summed E-state index contributed by atoms with van der Waals surface area (Å²) in [6, 6.07) is 18.7. The number of rotatable bonds is 6. The summed E-state index contributed by atoms with van der Waals surface area (Å²) in [6.45, 7) is 8.13. The summed E-state index contributed by atoms with van der Waals surface area (Å²) in [6.07, 6.45) is 1.78. The van der Waals surface area contributed by atoms with Gasteiger partial charge in [-0.2, -0.15) is 0 Å². The highest BCUT2D eigenvalue weighted by atomic mass is 32.1. The highest BCUT2D eigenvalue weighted by Gasteiger charge is 2.42. The fourth-order valence-electron chi connectivity index (χ4n) is 5.25. The van der Waals surface area contributed by atoms with Crippen LogP contribution in [0.15, 0.2) is 66.9 Å². The normalized spacial score (nSPS) is 17.0. The Hall–Kier alpha value is -4.24. The first-order valence-corrected chi connectivity index (χ1v) is 12.7. The molecular formula is C29H29N5O3S. The molecule has 0 amide bonds. The minimum Gasteiger partial charge on any atom is -0.496 e. The van der Waals surface area contributed by atoms with Gasteiger partial charge in [0.15, 0.2) is 5.11 Å². The molecule has 0 unspecified atom stereocenters. The van der Waals surface area contributed by atoms with Crippen LogP contribution in [-0.2, 0) is 0 Å². The lowest BCUT2D eigenvalue weighted by Gasteiger charge is -2.28. The van der Waals surface area contributed by atoms with E-state index in [1.165, 1.54) is 24.3 Å². The number of nitro groups is 1. The first kappa shape index (κ1) is 25.4. The van der Waals surface area contributed by atoms with Crippen LogP contribution in [0.4, 0.5) is 11.4 Å². The van der Waals surface area contributed by atoms with Crippen LogP contribution in [0.1, 0.15) is 45.9 Å². The van der Waals surface area contributed by atoms with Crippen molar-refractivity contribution in [1.29, 1.82) is 0 Å². The molecule has 8 nitrogen and oxygen atoms in total. The summed E-state index contributed by atoms with van der Waals surface area (Å²) >= 11 is 5.89. The van der Waals surface area contributed by atoms with E-state index >= 15 is 0 Å². The number of aryl methyl sites for hydroxylation is 3. The smallest absolute Gasteiger partial charge is 0.296 e. The van der Waals surface area contributed by atoms with Crippen molar-refractivity contribution in [2.75, 3.05) is 12.0 Å². The zero-order valence-corrected chi connectivity index (χ0v) is 22.7. The van der Waals surface area contributed by atoms with Crippen LogP contribution in [0.25, 0.3) is 5.69 Å². The van der Waals surface area contributed by atoms with Gasteiger partial charge in [-0.3, -0.25) is 15.1 Å². The van der Waals surface area contributed by atoms with E-state index in [0.717, 1.165) is 28.3 Å². The molecule has 194 valence electrons. The maximum absolute atomic E-state index is 12.0. The van der Waals surface area contributed by atoms with E-state index in [-0.39, 0.29) is 22.7 Å². The molecule has 0 bridgehead atoms. The van der Waals surface area contributed by atoms with E-state index < -0.39 is 0 Å². The topological polar surface area (TPSA) is 85.5 Å². The van der Waals surface area contributed by atoms with Crippen molar-refractivity contribution in [3.05, 3.63) is 111 Å². The molecule has 0 saturated carbocycles. The van der Waals surface area contributed by atoms with Gasteiger partial charge in [0.05, 0.1) is 35.9 Å². The number of ether oxygens (including phenoxy) is 1. The van der Waals surface area contributed by atoms with Gasteiger partial charge >= 0.3 is 0 Å². The number of anilines is 1. The number of methoxy groups -OCH3 is 1. The second-order valence-electron chi connectivity index (χ2n) is 9.54. The summed E-state index contributed by atoms with van der Waals surface area (Å²) in [4.78, 5) is 18.4. The van der Waals surface area contributed by atoms with Crippen molar-refractivity contribution in [2.45, 2.75) is 39.8 Å². The number of thiocarbonyl (C=S) groups is 1. The molecule has 1 fully saturated rings. The zero-order chi connectivity index (χ0) is 27.1. The number of hydrogen-bond donors (Lipinski definition) is 1. The number of pyridine rings is 1. The molecule has 1 aliphatic rings. The molecule has 1 aliphatic heterocycles. The summed E-state index contributed by atoms with van der Waals surface area (Å²) in [5.41, 5.74) is 7.46. The second-order valence-corrected chi connectivity index (χ2v) is 9.93. The molecule has 9 heteroatoms. The summed E-state index contributed by atoms with van der Waals surface area (Å²) in [7, 11) is 1.50. The third-order valence-corrected chi connectivity index (χ3v) is 7.59. The van der Waals surface area contributed by atoms with Gasteiger partial charge in [0.25, 0.3) is 5.69 Å². The van der Waals surface area contributed by atoms with Crippen LogP contribution in [-0.4, -0.2) is 26.7 Å². The van der Waals surface area contributed by atoms with Gasteiger partial charge in [-0.15, -0.1) is 0 Å². The van der Waals surface area contributed by atoms with Crippen LogP contribution in [0, 0.1) is 37.8 Å². The number of nitro benzene ring substituents is 1. The van der Waals surface area contributed by atoms with Gasteiger partial charge in [0, 0.05) is 23.3 Å². The predicted molar refractivity (Wildman–Crippen MR) is 152 cm³/mol. The molecule has 2 aromatic heterocycles. The average Bonchev–Trinajstić information content (AvgIpc) is 3.40. The Morgan fingerprint density at radius 1 is 1.03 bits per heavy atom. The standard InChI is InChI=1S/C29H29N5O3S/c1-17-9-10-21(14-18(17)2)33-28(27(31-29(33)38)24-8-6-7-13-30-24)23-15-19(3)32(20(23)4)25-12-11-22(37-5)16-26(25)34(35)36/h6-16,27-28H,1-5H3,(H,31,38)/t27-,28+/m1/s1. The quantitative estimate of drug-likeness (QED) is 0.182. The van der Waals surface area contributed by atoms with Gasteiger partial charge in [-0.1, -0.05) is 12.1 Å². The SMILES string of the molecule is COc1ccc(-n2c(C)cc([C@H]3[C@@H](c4ccccn4)NC(=S)N3c3ccc(C)c(C)c3)c2C)c([N+](=O)[O-])c1. The molecule has 4 aromatic rings. The molecule has 0 aliphatic carbocycles. The molecule has 2 atom stereocenters. The Labute approximate surface area is 227 Å². The summed E-state index contributed by atoms with van der Waals surface area (Å²) in [5.74, 6) is 0.435. The number of nitrogens with zero attached hydrogens (tertiary/aromatic N) is 4. The minimum atomic E-state index is -0.374. The fraction of sp³-hybridized carbons (Fsp3) is 0.241. The summed E-state index contributed by atoms with van der Waals surface area (Å²) in [5, 5.41) is 16.1. The Balaban J connectivity index is 1.71. The zero-order valence-electron chi connectivity index (χ0n) is 21.9. The predicted octanol–water partition coefficient (Wildman–Crippen LogP) is 6.20. The number of nitrogens with one attached hydrogen (secondary N) is 1. The van der Waals surface area contributed by atoms with Crippen molar-refractivity contribution < 1.29 is 9.66 Å². The van der Waals surface area contributed by atoms with Crippen molar-refractivity contribution in [1.82, 2.24) is 14.9 Å².